The molecule has 0 aliphatic carbocycles. The van der Waals surface area contributed by atoms with Crippen LogP contribution in [0, 0.1) is 3.57 Å². The molecule has 2 aromatic rings. The lowest BCUT2D eigenvalue weighted by Crippen LogP contribution is -2.08. The third kappa shape index (κ3) is 3.84. The molecule has 3 heteroatoms. The van der Waals surface area contributed by atoms with E-state index in [0.29, 0.717) is 13.0 Å². The van der Waals surface area contributed by atoms with Crippen LogP contribution in [0.2, 0.25) is 0 Å². The maximum Gasteiger partial charge on any atom is 0.164 e. The minimum absolute atomic E-state index is 0.175. The summed E-state index contributed by atoms with van der Waals surface area (Å²) in [5.41, 5.74) is 1.83. The van der Waals surface area contributed by atoms with Gasteiger partial charge in [-0.1, -0.05) is 30.3 Å². The van der Waals surface area contributed by atoms with Gasteiger partial charge in [0.25, 0.3) is 0 Å². The van der Waals surface area contributed by atoms with Gasteiger partial charge in [-0.25, -0.2) is 0 Å². The number of benzene rings is 2. The van der Waals surface area contributed by atoms with E-state index in [4.69, 9.17) is 0 Å². The molecule has 0 fully saturated rings. The summed E-state index contributed by atoms with van der Waals surface area (Å²) in [7, 11) is 0. The molecule has 0 saturated carbocycles. The first kappa shape index (κ1) is 13.1. The second-order valence-corrected chi connectivity index (χ2v) is 5.22. The van der Waals surface area contributed by atoms with Crippen molar-refractivity contribution in [2.24, 2.45) is 0 Å². The average molecular weight is 351 g/mol. The first-order valence-electron chi connectivity index (χ1n) is 5.83. The summed E-state index contributed by atoms with van der Waals surface area (Å²) in [6.45, 7) is 0.661. The fourth-order valence-electron chi connectivity index (χ4n) is 1.66. The number of hydrogen-bond donors (Lipinski definition) is 1. The van der Waals surface area contributed by atoms with E-state index in [2.05, 4.69) is 27.9 Å². The second-order valence-electron chi connectivity index (χ2n) is 3.97. The van der Waals surface area contributed by atoms with Crippen LogP contribution in [0.3, 0.4) is 0 Å². The van der Waals surface area contributed by atoms with E-state index in [-0.39, 0.29) is 5.78 Å². The molecule has 0 bridgehead atoms. The van der Waals surface area contributed by atoms with E-state index in [1.165, 1.54) is 3.57 Å². The molecule has 0 unspecified atom stereocenters. The molecule has 0 aromatic heterocycles. The van der Waals surface area contributed by atoms with Crippen LogP contribution in [0.4, 0.5) is 5.69 Å². The van der Waals surface area contributed by atoms with E-state index < -0.39 is 0 Å². The Kier molecular flexibility index (Phi) is 4.75. The van der Waals surface area contributed by atoms with Gasteiger partial charge in [0.1, 0.15) is 0 Å². The number of Topliss-reactive ketones (excluding diaryl/α,β-unsaturated/α-hetero) is 1. The lowest BCUT2D eigenvalue weighted by Gasteiger charge is -2.06. The number of nitrogens with one attached hydrogen (secondary N) is 1. The summed E-state index contributed by atoms with van der Waals surface area (Å²) in [6.07, 6.45) is 0.510. The quantitative estimate of drug-likeness (QED) is 0.652. The molecule has 0 atom stereocenters. The van der Waals surface area contributed by atoms with Crippen molar-refractivity contribution < 1.29 is 4.79 Å². The Morgan fingerprint density at radius 1 is 1.00 bits per heavy atom. The molecule has 2 aromatic carbocycles. The molecular formula is C15H14INO. The fraction of sp³-hybridized carbons (Fsp3) is 0.133. The SMILES string of the molecule is O=C(CCNc1ccc(I)cc1)c1ccccc1. The van der Waals surface area contributed by atoms with Gasteiger partial charge in [-0.3, -0.25) is 4.79 Å². The summed E-state index contributed by atoms with van der Waals surface area (Å²) in [5.74, 6) is 0.175. The van der Waals surface area contributed by atoms with E-state index in [0.717, 1.165) is 11.3 Å². The van der Waals surface area contributed by atoms with Gasteiger partial charge in [-0.2, -0.15) is 0 Å². The number of ketones is 1. The molecular weight excluding hydrogens is 337 g/mol. The number of rotatable bonds is 5. The second kappa shape index (κ2) is 6.54. The third-order valence-corrected chi connectivity index (χ3v) is 3.34. The minimum Gasteiger partial charge on any atom is -0.385 e. The Hall–Kier alpha value is -1.36. The molecule has 0 amide bonds. The van der Waals surface area contributed by atoms with Crippen LogP contribution in [0.25, 0.3) is 0 Å². The van der Waals surface area contributed by atoms with E-state index in [1.807, 2.05) is 54.6 Å². The normalized spacial score (nSPS) is 10.1. The molecule has 0 saturated heterocycles. The van der Waals surface area contributed by atoms with Crippen molar-refractivity contribution in [3.63, 3.8) is 0 Å². The summed E-state index contributed by atoms with van der Waals surface area (Å²) < 4.78 is 1.21. The number of hydrogen-bond acceptors (Lipinski definition) is 2. The molecule has 2 rings (SSSR count). The van der Waals surface area contributed by atoms with Gasteiger partial charge in [0.15, 0.2) is 5.78 Å². The maximum atomic E-state index is 11.8. The highest BCUT2D eigenvalue weighted by molar-refractivity contribution is 14.1. The average Bonchev–Trinajstić information content (AvgIpc) is 2.42. The monoisotopic (exact) mass is 351 g/mol. The molecule has 0 spiro atoms. The summed E-state index contributed by atoms with van der Waals surface area (Å²) in [5, 5.41) is 3.25. The van der Waals surface area contributed by atoms with E-state index in [9.17, 15) is 4.79 Å². The van der Waals surface area contributed by atoms with Crippen LogP contribution in [-0.4, -0.2) is 12.3 Å². The van der Waals surface area contributed by atoms with Gasteiger partial charge in [-0.15, -0.1) is 0 Å². The highest BCUT2D eigenvalue weighted by Crippen LogP contribution is 2.11. The number of carbonyl (C=O) groups excluding carboxylic acids is 1. The van der Waals surface area contributed by atoms with Crippen LogP contribution in [0.15, 0.2) is 54.6 Å². The van der Waals surface area contributed by atoms with Gasteiger partial charge in [0.05, 0.1) is 0 Å². The molecule has 92 valence electrons. The zero-order chi connectivity index (χ0) is 12.8. The molecule has 0 radical (unpaired) electrons. The largest absolute Gasteiger partial charge is 0.385 e. The first-order chi connectivity index (χ1) is 8.75. The summed E-state index contributed by atoms with van der Waals surface area (Å²) in [6, 6.07) is 17.5. The van der Waals surface area contributed by atoms with Crippen molar-refractivity contribution in [3.8, 4) is 0 Å². The van der Waals surface area contributed by atoms with Crippen LogP contribution in [0.5, 0.6) is 0 Å². The number of halogens is 1. The summed E-state index contributed by atoms with van der Waals surface area (Å²) >= 11 is 2.27. The predicted molar refractivity (Wildman–Crippen MR) is 83.0 cm³/mol. The van der Waals surface area contributed by atoms with Crippen LogP contribution in [0.1, 0.15) is 16.8 Å². The third-order valence-electron chi connectivity index (χ3n) is 2.62. The van der Waals surface area contributed by atoms with Crippen molar-refractivity contribution in [1.29, 1.82) is 0 Å². The zero-order valence-corrected chi connectivity index (χ0v) is 12.1. The molecule has 0 aliphatic heterocycles. The lowest BCUT2D eigenvalue weighted by molar-refractivity contribution is 0.0986. The van der Waals surface area contributed by atoms with Crippen molar-refractivity contribution in [2.45, 2.75) is 6.42 Å². The van der Waals surface area contributed by atoms with Gasteiger partial charge in [-0.05, 0) is 46.9 Å². The Balaban J connectivity index is 1.82. The van der Waals surface area contributed by atoms with Crippen molar-refractivity contribution in [3.05, 3.63) is 63.7 Å². The zero-order valence-electron chi connectivity index (χ0n) is 9.90. The predicted octanol–water partition coefficient (Wildman–Crippen LogP) is 3.98. The number of anilines is 1. The molecule has 0 aliphatic rings. The van der Waals surface area contributed by atoms with Crippen molar-refractivity contribution >= 4 is 34.1 Å². The molecule has 18 heavy (non-hydrogen) atoms. The highest BCUT2D eigenvalue weighted by Gasteiger charge is 2.03. The van der Waals surface area contributed by atoms with Crippen molar-refractivity contribution in [1.82, 2.24) is 0 Å². The molecule has 1 N–H and O–H groups in total. The first-order valence-corrected chi connectivity index (χ1v) is 6.91. The Labute approximate surface area is 121 Å². The van der Waals surface area contributed by atoms with Gasteiger partial charge in [0, 0.05) is 27.8 Å². The fourth-order valence-corrected chi connectivity index (χ4v) is 2.02. The topological polar surface area (TPSA) is 29.1 Å². The molecule has 0 heterocycles. The van der Waals surface area contributed by atoms with Crippen LogP contribution in [-0.2, 0) is 0 Å². The Morgan fingerprint density at radius 3 is 2.33 bits per heavy atom. The van der Waals surface area contributed by atoms with Gasteiger partial charge < -0.3 is 5.32 Å². The molecule has 2 nitrogen and oxygen atoms in total. The highest BCUT2D eigenvalue weighted by atomic mass is 127. The van der Waals surface area contributed by atoms with E-state index >= 15 is 0 Å². The number of carbonyl (C=O) groups is 1. The lowest BCUT2D eigenvalue weighted by atomic mass is 10.1. The van der Waals surface area contributed by atoms with E-state index in [1.54, 1.807) is 0 Å². The minimum atomic E-state index is 0.175. The summed E-state index contributed by atoms with van der Waals surface area (Å²) in [4.78, 5) is 11.8. The maximum absolute atomic E-state index is 11.8. The van der Waals surface area contributed by atoms with Gasteiger partial charge in [0.2, 0.25) is 0 Å². The Morgan fingerprint density at radius 2 is 1.67 bits per heavy atom. The van der Waals surface area contributed by atoms with Crippen LogP contribution >= 0.6 is 22.6 Å². The van der Waals surface area contributed by atoms with Gasteiger partial charge >= 0.3 is 0 Å². The Bertz CT molecular complexity index is 508. The van der Waals surface area contributed by atoms with Crippen LogP contribution < -0.4 is 5.32 Å². The smallest absolute Gasteiger partial charge is 0.164 e. The standard InChI is InChI=1S/C15H14INO/c16-13-6-8-14(9-7-13)17-11-10-15(18)12-4-2-1-3-5-12/h1-9,17H,10-11H2. The van der Waals surface area contributed by atoms with Crippen molar-refractivity contribution in [2.75, 3.05) is 11.9 Å².